The highest BCUT2D eigenvalue weighted by molar-refractivity contribution is 7.98. The minimum Gasteiger partial charge on any atom is -0.462 e. The zero-order chi connectivity index (χ0) is 11.4. The molecule has 3 heteroatoms. The third-order valence-corrected chi connectivity index (χ3v) is 3.31. The number of hydrogen-bond acceptors (Lipinski definition) is 3. The molecule has 0 saturated heterocycles. The van der Waals surface area contributed by atoms with Crippen LogP contribution in [-0.2, 0) is 4.74 Å². The zero-order valence-corrected chi connectivity index (χ0v) is 10.4. The number of thioether (sulfide) groups is 1. The number of ether oxygens (including phenoxy) is 1. The summed E-state index contributed by atoms with van der Waals surface area (Å²) >= 11 is 1.59. The van der Waals surface area contributed by atoms with Crippen LogP contribution in [-0.4, -0.2) is 18.8 Å². The lowest BCUT2D eigenvalue weighted by Gasteiger charge is -2.11. The largest absolute Gasteiger partial charge is 0.462 e. The van der Waals surface area contributed by atoms with Crippen LogP contribution in [0, 0.1) is 13.8 Å². The molecule has 0 atom stereocenters. The van der Waals surface area contributed by atoms with Gasteiger partial charge in [-0.2, -0.15) is 0 Å². The van der Waals surface area contributed by atoms with E-state index in [1.165, 1.54) is 5.56 Å². The lowest BCUT2D eigenvalue weighted by atomic mass is 10.1. The predicted molar refractivity (Wildman–Crippen MR) is 63.7 cm³/mol. The van der Waals surface area contributed by atoms with Crippen LogP contribution in [0.3, 0.4) is 0 Å². The van der Waals surface area contributed by atoms with Crippen molar-refractivity contribution in [2.45, 2.75) is 25.7 Å². The van der Waals surface area contributed by atoms with Crippen molar-refractivity contribution in [2.75, 3.05) is 12.9 Å². The van der Waals surface area contributed by atoms with Crippen molar-refractivity contribution in [1.82, 2.24) is 0 Å². The fourth-order valence-electron chi connectivity index (χ4n) is 1.42. The van der Waals surface area contributed by atoms with E-state index in [2.05, 4.69) is 0 Å². The van der Waals surface area contributed by atoms with Crippen LogP contribution < -0.4 is 0 Å². The molecule has 0 aliphatic rings. The van der Waals surface area contributed by atoms with Crippen LogP contribution in [0.4, 0.5) is 0 Å². The van der Waals surface area contributed by atoms with E-state index in [4.69, 9.17) is 4.74 Å². The highest BCUT2D eigenvalue weighted by atomic mass is 32.2. The van der Waals surface area contributed by atoms with Crippen molar-refractivity contribution in [2.24, 2.45) is 0 Å². The van der Waals surface area contributed by atoms with Crippen LogP contribution >= 0.6 is 11.8 Å². The summed E-state index contributed by atoms with van der Waals surface area (Å²) in [5.74, 6) is -0.232. The summed E-state index contributed by atoms with van der Waals surface area (Å²) in [4.78, 5) is 12.7. The highest BCUT2D eigenvalue weighted by Gasteiger charge is 2.14. The second-order valence-corrected chi connectivity index (χ2v) is 4.13. The van der Waals surface area contributed by atoms with E-state index >= 15 is 0 Å². The number of carbonyl (C=O) groups is 1. The number of aryl methyl sites for hydroxylation is 1. The van der Waals surface area contributed by atoms with Gasteiger partial charge in [0.1, 0.15) is 0 Å². The molecular weight excluding hydrogens is 208 g/mol. The molecule has 1 aromatic rings. The van der Waals surface area contributed by atoms with Gasteiger partial charge >= 0.3 is 5.97 Å². The quantitative estimate of drug-likeness (QED) is 0.582. The number of rotatable bonds is 3. The van der Waals surface area contributed by atoms with Crippen molar-refractivity contribution in [3.8, 4) is 0 Å². The molecule has 15 heavy (non-hydrogen) atoms. The predicted octanol–water partition coefficient (Wildman–Crippen LogP) is 3.20. The van der Waals surface area contributed by atoms with Gasteiger partial charge in [-0.15, -0.1) is 11.8 Å². The molecule has 0 fully saturated rings. The van der Waals surface area contributed by atoms with Gasteiger partial charge < -0.3 is 4.74 Å². The molecular formula is C12H16O2S. The Morgan fingerprint density at radius 2 is 2.07 bits per heavy atom. The molecule has 0 aliphatic heterocycles. The van der Waals surface area contributed by atoms with Crippen LogP contribution in [0.2, 0.25) is 0 Å². The minimum atomic E-state index is -0.232. The smallest absolute Gasteiger partial charge is 0.339 e. The maximum atomic E-state index is 11.7. The van der Waals surface area contributed by atoms with Crippen molar-refractivity contribution in [3.05, 3.63) is 28.8 Å². The first kappa shape index (κ1) is 12.1. The lowest BCUT2D eigenvalue weighted by molar-refractivity contribution is 0.0522. The Labute approximate surface area is 95.0 Å². The van der Waals surface area contributed by atoms with Gasteiger partial charge in [-0.05, 0) is 44.2 Å². The standard InChI is InChI=1S/C12H16O2S/c1-5-14-12(13)10-7-6-8(2)9(3)11(10)15-4/h6-7H,5H2,1-4H3. The molecule has 0 amide bonds. The molecule has 0 unspecified atom stereocenters. The van der Waals surface area contributed by atoms with Crippen LogP contribution in [0.1, 0.15) is 28.4 Å². The van der Waals surface area contributed by atoms with Gasteiger partial charge in [0.2, 0.25) is 0 Å². The molecule has 0 aromatic heterocycles. The third kappa shape index (κ3) is 2.53. The van der Waals surface area contributed by atoms with Crippen LogP contribution in [0.25, 0.3) is 0 Å². The summed E-state index contributed by atoms with van der Waals surface area (Å²) in [5.41, 5.74) is 3.04. The molecule has 1 rings (SSSR count). The fourth-order valence-corrected chi connectivity index (χ4v) is 2.26. The Bertz CT molecular complexity index is 372. The Kier molecular flexibility index (Phi) is 4.21. The average Bonchev–Trinajstić information content (AvgIpc) is 2.22. The van der Waals surface area contributed by atoms with E-state index in [0.717, 1.165) is 10.5 Å². The summed E-state index contributed by atoms with van der Waals surface area (Å²) in [6, 6.07) is 3.80. The molecule has 0 radical (unpaired) electrons. The summed E-state index contributed by atoms with van der Waals surface area (Å²) in [7, 11) is 0. The summed E-state index contributed by atoms with van der Waals surface area (Å²) in [5, 5.41) is 0. The molecule has 0 aliphatic carbocycles. The Morgan fingerprint density at radius 1 is 1.40 bits per heavy atom. The molecule has 0 saturated carbocycles. The monoisotopic (exact) mass is 224 g/mol. The second-order valence-electron chi connectivity index (χ2n) is 3.31. The number of carbonyl (C=O) groups excluding carboxylic acids is 1. The van der Waals surface area contributed by atoms with Crippen molar-refractivity contribution >= 4 is 17.7 Å². The molecule has 82 valence electrons. The van der Waals surface area contributed by atoms with E-state index in [1.54, 1.807) is 11.8 Å². The van der Waals surface area contributed by atoms with Gasteiger partial charge in [0, 0.05) is 4.90 Å². The zero-order valence-electron chi connectivity index (χ0n) is 9.59. The Hall–Kier alpha value is -0.960. The first-order valence-electron chi connectivity index (χ1n) is 4.93. The topological polar surface area (TPSA) is 26.3 Å². The van der Waals surface area contributed by atoms with E-state index in [1.807, 2.05) is 39.2 Å². The first-order chi connectivity index (χ1) is 7.11. The van der Waals surface area contributed by atoms with E-state index in [9.17, 15) is 4.79 Å². The minimum absolute atomic E-state index is 0.232. The van der Waals surface area contributed by atoms with Crippen LogP contribution in [0.5, 0.6) is 0 Å². The van der Waals surface area contributed by atoms with Crippen molar-refractivity contribution in [3.63, 3.8) is 0 Å². The van der Waals surface area contributed by atoms with Crippen LogP contribution in [0.15, 0.2) is 17.0 Å². The Balaban J connectivity index is 3.18. The van der Waals surface area contributed by atoms with Gasteiger partial charge in [-0.3, -0.25) is 0 Å². The maximum absolute atomic E-state index is 11.7. The van der Waals surface area contributed by atoms with Gasteiger partial charge in [0.15, 0.2) is 0 Å². The van der Waals surface area contributed by atoms with Gasteiger partial charge in [-0.1, -0.05) is 6.07 Å². The van der Waals surface area contributed by atoms with E-state index in [-0.39, 0.29) is 5.97 Å². The summed E-state index contributed by atoms with van der Waals surface area (Å²) in [6.07, 6.45) is 1.98. The molecule has 2 nitrogen and oxygen atoms in total. The summed E-state index contributed by atoms with van der Waals surface area (Å²) in [6.45, 7) is 6.31. The molecule has 1 aromatic carbocycles. The Morgan fingerprint density at radius 3 is 2.60 bits per heavy atom. The normalized spacial score (nSPS) is 10.1. The molecule has 0 spiro atoms. The number of esters is 1. The van der Waals surface area contributed by atoms with E-state index < -0.39 is 0 Å². The molecule has 0 N–H and O–H groups in total. The second kappa shape index (κ2) is 5.21. The maximum Gasteiger partial charge on any atom is 0.339 e. The lowest BCUT2D eigenvalue weighted by Crippen LogP contribution is -2.07. The molecule has 0 heterocycles. The highest BCUT2D eigenvalue weighted by Crippen LogP contribution is 2.27. The van der Waals surface area contributed by atoms with Crippen molar-refractivity contribution < 1.29 is 9.53 Å². The van der Waals surface area contributed by atoms with Gasteiger partial charge in [0.05, 0.1) is 12.2 Å². The van der Waals surface area contributed by atoms with E-state index in [0.29, 0.717) is 12.2 Å². The van der Waals surface area contributed by atoms with Gasteiger partial charge in [0.25, 0.3) is 0 Å². The third-order valence-electron chi connectivity index (χ3n) is 2.38. The SMILES string of the molecule is CCOC(=O)c1ccc(C)c(C)c1SC. The van der Waals surface area contributed by atoms with Crippen molar-refractivity contribution in [1.29, 1.82) is 0 Å². The number of hydrogen-bond donors (Lipinski definition) is 0. The first-order valence-corrected chi connectivity index (χ1v) is 6.15. The fraction of sp³-hybridized carbons (Fsp3) is 0.417. The number of benzene rings is 1. The summed E-state index contributed by atoms with van der Waals surface area (Å²) < 4.78 is 5.01. The average molecular weight is 224 g/mol. The molecule has 0 bridgehead atoms. The van der Waals surface area contributed by atoms with Gasteiger partial charge in [-0.25, -0.2) is 4.79 Å².